The van der Waals surface area contributed by atoms with E-state index in [0.29, 0.717) is 11.0 Å². The lowest BCUT2D eigenvalue weighted by molar-refractivity contribution is -0.126. The number of benzene rings is 1. The topological polar surface area (TPSA) is 84.3 Å². The molecule has 2 aromatic rings. The van der Waals surface area contributed by atoms with Crippen LogP contribution in [0.5, 0.6) is 0 Å². The SMILES string of the molecule is C=CC(=O)N1CC(NC(=O)c2nc3ccccc3n(C)c2=O)C(F)(F)C1. The number of aryl methyl sites for hydroxylation is 1. The molecule has 7 nitrogen and oxygen atoms in total. The summed E-state index contributed by atoms with van der Waals surface area (Å²) in [6.45, 7) is 2.05. The van der Waals surface area contributed by atoms with Gasteiger partial charge in [-0.2, -0.15) is 0 Å². The van der Waals surface area contributed by atoms with Crippen LogP contribution in [0.1, 0.15) is 10.5 Å². The molecule has 0 saturated carbocycles. The van der Waals surface area contributed by atoms with Gasteiger partial charge in [0.05, 0.1) is 17.6 Å². The molecule has 26 heavy (non-hydrogen) atoms. The van der Waals surface area contributed by atoms with Gasteiger partial charge in [0.15, 0.2) is 5.69 Å². The summed E-state index contributed by atoms with van der Waals surface area (Å²) in [7, 11) is 1.47. The van der Waals surface area contributed by atoms with Crippen LogP contribution in [-0.2, 0) is 11.8 Å². The van der Waals surface area contributed by atoms with Crippen LogP contribution in [0.25, 0.3) is 11.0 Å². The number of fused-ring (bicyclic) bond motifs is 1. The fraction of sp³-hybridized carbons (Fsp3) is 0.294. The highest BCUT2D eigenvalue weighted by Crippen LogP contribution is 2.28. The van der Waals surface area contributed by atoms with E-state index in [4.69, 9.17) is 0 Å². The van der Waals surface area contributed by atoms with E-state index in [9.17, 15) is 23.2 Å². The van der Waals surface area contributed by atoms with Crippen LogP contribution >= 0.6 is 0 Å². The normalized spacial score (nSPS) is 18.7. The third-order valence-corrected chi connectivity index (χ3v) is 4.30. The quantitative estimate of drug-likeness (QED) is 0.815. The summed E-state index contributed by atoms with van der Waals surface area (Å²) in [5, 5.41) is 2.13. The van der Waals surface area contributed by atoms with Crippen molar-refractivity contribution in [2.45, 2.75) is 12.0 Å². The van der Waals surface area contributed by atoms with Crippen molar-refractivity contribution in [1.29, 1.82) is 0 Å². The summed E-state index contributed by atoms with van der Waals surface area (Å²) in [5.74, 6) is -4.98. The minimum absolute atomic E-state index is 0.377. The van der Waals surface area contributed by atoms with Gasteiger partial charge in [0.1, 0.15) is 6.04 Å². The van der Waals surface area contributed by atoms with Crippen LogP contribution in [0.4, 0.5) is 8.78 Å². The van der Waals surface area contributed by atoms with Crippen LogP contribution in [0.2, 0.25) is 0 Å². The van der Waals surface area contributed by atoms with E-state index in [1.165, 1.54) is 11.6 Å². The Labute approximate surface area is 146 Å². The van der Waals surface area contributed by atoms with Gasteiger partial charge in [0.25, 0.3) is 17.4 Å². The van der Waals surface area contributed by atoms with E-state index in [1.54, 1.807) is 24.3 Å². The van der Waals surface area contributed by atoms with Crippen molar-refractivity contribution in [2.75, 3.05) is 13.1 Å². The Kier molecular flexibility index (Phi) is 4.31. The Morgan fingerprint density at radius 3 is 2.77 bits per heavy atom. The zero-order valence-electron chi connectivity index (χ0n) is 13.9. The Bertz CT molecular complexity index is 970. The minimum Gasteiger partial charge on any atom is -0.340 e. The lowest BCUT2D eigenvalue weighted by Gasteiger charge is -2.18. The van der Waals surface area contributed by atoms with Gasteiger partial charge in [-0.15, -0.1) is 0 Å². The standard InChI is InChI=1S/C17H16F2N4O3/c1-3-13(24)23-8-12(17(18,19)9-23)21-15(25)14-16(26)22(2)11-7-5-4-6-10(11)20-14/h3-7,12H,1,8-9H2,2H3,(H,21,25). The molecule has 0 spiro atoms. The summed E-state index contributed by atoms with van der Waals surface area (Å²) in [4.78, 5) is 41.2. The van der Waals surface area contributed by atoms with E-state index >= 15 is 0 Å². The number of amides is 2. The second-order valence-corrected chi connectivity index (χ2v) is 6.02. The maximum Gasteiger partial charge on any atom is 0.286 e. The highest BCUT2D eigenvalue weighted by Gasteiger charge is 2.50. The Morgan fingerprint density at radius 2 is 2.08 bits per heavy atom. The first-order valence-electron chi connectivity index (χ1n) is 7.80. The molecule has 1 saturated heterocycles. The van der Waals surface area contributed by atoms with Crippen LogP contribution in [0, 0.1) is 0 Å². The zero-order chi connectivity index (χ0) is 19.1. The number of nitrogens with one attached hydrogen (secondary N) is 1. The van der Waals surface area contributed by atoms with Crippen molar-refractivity contribution >= 4 is 22.8 Å². The maximum atomic E-state index is 14.1. The van der Waals surface area contributed by atoms with Gasteiger partial charge in [-0.3, -0.25) is 14.4 Å². The van der Waals surface area contributed by atoms with Crippen molar-refractivity contribution in [2.24, 2.45) is 7.05 Å². The Hall–Kier alpha value is -3.10. The molecule has 3 rings (SSSR count). The lowest BCUT2D eigenvalue weighted by Crippen LogP contribution is -2.48. The molecule has 0 radical (unpaired) electrons. The molecule has 1 N–H and O–H groups in total. The number of alkyl halides is 2. The van der Waals surface area contributed by atoms with Crippen LogP contribution in [0.3, 0.4) is 0 Å². The highest BCUT2D eigenvalue weighted by atomic mass is 19.3. The minimum atomic E-state index is -3.32. The molecule has 1 unspecified atom stereocenters. The average molecular weight is 362 g/mol. The third-order valence-electron chi connectivity index (χ3n) is 4.30. The number of aromatic nitrogens is 2. The highest BCUT2D eigenvalue weighted by molar-refractivity contribution is 5.94. The van der Waals surface area contributed by atoms with Crippen molar-refractivity contribution in [1.82, 2.24) is 19.8 Å². The van der Waals surface area contributed by atoms with Gasteiger partial charge in [0, 0.05) is 13.6 Å². The molecule has 9 heteroatoms. The van der Waals surface area contributed by atoms with Gasteiger partial charge in [-0.1, -0.05) is 18.7 Å². The summed E-state index contributed by atoms with van der Waals surface area (Å²) in [6.07, 6.45) is 0.931. The predicted octanol–water partition coefficient (Wildman–Crippen LogP) is 0.695. The van der Waals surface area contributed by atoms with Gasteiger partial charge in [-0.25, -0.2) is 13.8 Å². The third kappa shape index (κ3) is 2.96. The molecule has 0 bridgehead atoms. The molecule has 0 aliphatic carbocycles. The summed E-state index contributed by atoms with van der Waals surface area (Å²) in [5.41, 5.74) is -0.263. The smallest absolute Gasteiger partial charge is 0.286 e. The van der Waals surface area contributed by atoms with Crippen molar-refractivity contribution in [3.8, 4) is 0 Å². The Balaban J connectivity index is 1.90. The molecule has 2 heterocycles. The first-order valence-corrected chi connectivity index (χ1v) is 7.80. The summed E-state index contributed by atoms with van der Waals surface area (Å²) >= 11 is 0. The number of nitrogens with zero attached hydrogens (tertiary/aromatic N) is 3. The van der Waals surface area contributed by atoms with Gasteiger partial charge in [-0.05, 0) is 18.2 Å². The molecule has 1 aromatic heterocycles. The molecule has 1 aromatic carbocycles. The number of para-hydroxylation sites is 2. The fourth-order valence-corrected chi connectivity index (χ4v) is 2.88. The molecular formula is C17H16F2N4O3. The molecule has 1 fully saturated rings. The number of rotatable bonds is 3. The first-order chi connectivity index (χ1) is 12.2. The van der Waals surface area contributed by atoms with E-state index in [2.05, 4.69) is 16.9 Å². The number of hydrogen-bond donors (Lipinski definition) is 1. The summed E-state index contributed by atoms with van der Waals surface area (Å²) < 4.78 is 29.5. The van der Waals surface area contributed by atoms with Crippen molar-refractivity contribution in [3.05, 3.63) is 53.0 Å². The van der Waals surface area contributed by atoms with Gasteiger partial charge < -0.3 is 14.8 Å². The summed E-state index contributed by atoms with van der Waals surface area (Å²) in [6, 6.07) is 5.06. The van der Waals surface area contributed by atoms with Gasteiger partial charge >= 0.3 is 0 Å². The van der Waals surface area contributed by atoms with Crippen LogP contribution in [0.15, 0.2) is 41.7 Å². The number of likely N-dealkylation sites (tertiary alicyclic amines) is 1. The van der Waals surface area contributed by atoms with Crippen LogP contribution in [-0.4, -0.2) is 51.3 Å². The number of carbonyl (C=O) groups is 2. The predicted molar refractivity (Wildman–Crippen MR) is 90.0 cm³/mol. The largest absolute Gasteiger partial charge is 0.340 e. The Morgan fingerprint density at radius 1 is 1.38 bits per heavy atom. The lowest BCUT2D eigenvalue weighted by atomic mass is 10.2. The molecule has 1 aliphatic rings. The van der Waals surface area contributed by atoms with Crippen LogP contribution < -0.4 is 10.9 Å². The molecule has 2 amide bonds. The van der Waals surface area contributed by atoms with Gasteiger partial charge in [0.2, 0.25) is 5.91 Å². The van der Waals surface area contributed by atoms with E-state index < -0.39 is 41.6 Å². The number of hydrogen-bond acceptors (Lipinski definition) is 4. The molecule has 1 atom stereocenters. The zero-order valence-corrected chi connectivity index (χ0v) is 13.9. The number of carbonyl (C=O) groups excluding carboxylic acids is 2. The maximum absolute atomic E-state index is 14.1. The second-order valence-electron chi connectivity index (χ2n) is 6.02. The fourth-order valence-electron chi connectivity index (χ4n) is 2.88. The van der Waals surface area contributed by atoms with Crippen molar-refractivity contribution < 1.29 is 18.4 Å². The molecule has 1 aliphatic heterocycles. The average Bonchev–Trinajstić information content (AvgIpc) is 2.91. The van der Waals surface area contributed by atoms with E-state index in [1.807, 2.05) is 0 Å². The van der Waals surface area contributed by atoms with E-state index in [0.717, 1.165) is 11.0 Å². The number of halogens is 2. The molecular weight excluding hydrogens is 346 g/mol. The first kappa shape index (κ1) is 17.7. The van der Waals surface area contributed by atoms with E-state index in [-0.39, 0.29) is 6.54 Å². The second kappa shape index (κ2) is 6.32. The van der Waals surface area contributed by atoms with Crippen molar-refractivity contribution in [3.63, 3.8) is 0 Å². The monoisotopic (exact) mass is 362 g/mol. The molecule has 136 valence electrons.